The molecule has 0 aromatic carbocycles. The van der Waals surface area contributed by atoms with Gasteiger partial charge in [-0.15, -0.1) is 0 Å². The average molecular weight is 470 g/mol. The van der Waals surface area contributed by atoms with Gasteiger partial charge in [0.1, 0.15) is 0 Å². The Hall–Kier alpha value is -2.46. The Bertz CT molecular complexity index is 846. The van der Waals surface area contributed by atoms with E-state index in [2.05, 4.69) is 16.0 Å². The first-order valence-electron chi connectivity index (χ1n) is 11.0. The van der Waals surface area contributed by atoms with Crippen LogP contribution in [0.5, 0.6) is 0 Å². The molecule has 2 fully saturated rings. The fourth-order valence-electron chi connectivity index (χ4n) is 4.45. The van der Waals surface area contributed by atoms with Crippen molar-refractivity contribution in [3.05, 3.63) is 41.7 Å². The van der Waals surface area contributed by atoms with Crippen LogP contribution in [0.1, 0.15) is 37.7 Å². The molecular weight excluding hydrogens is 441 g/mol. The molecule has 2 saturated heterocycles. The highest BCUT2D eigenvalue weighted by Gasteiger charge is 2.52. The van der Waals surface area contributed by atoms with Gasteiger partial charge in [-0.25, -0.2) is 4.79 Å². The number of allylic oxidation sites excluding steroid dienone is 1. The largest absolute Gasteiger partial charge is 0.490 e. The van der Waals surface area contributed by atoms with Crippen LogP contribution < -0.4 is 0 Å². The van der Waals surface area contributed by atoms with Crippen molar-refractivity contribution in [2.75, 3.05) is 32.9 Å². The molecule has 0 bridgehead atoms. The number of aliphatic carboxylic acids is 1. The molecule has 1 aliphatic carbocycles. The molecule has 7 nitrogen and oxygen atoms in total. The molecule has 4 rings (SSSR count). The summed E-state index contributed by atoms with van der Waals surface area (Å²) in [5.41, 5.74) is 2.37. The summed E-state index contributed by atoms with van der Waals surface area (Å²) >= 11 is 0. The molecule has 2 atom stereocenters. The summed E-state index contributed by atoms with van der Waals surface area (Å²) in [5, 5.41) is 7.12. The SMILES string of the molecule is O=C(CC1=CCCCC1)N1C[C@@H]2COC[C@]2(COCc2cccnc2)C1.O=C(O)C(F)(F)F. The Morgan fingerprint density at radius 1 is 1.33 bits per heavy atom. The van der Waals surface area contributed by atoms with Crippen LogP contribution in [-0.2, 0) is 25.7 Å². The minimum Gasteiger partial charge on any atom is -0.475 e. The standard InChI is InChI=1S/C21H28N2O3.C2HF3O2/c24-20(9-17-5-2-1-3-6-17)23-11-19-13-26-16-21(19,14-23)15-25-12-18-7-4-8-22-10-18;3-2(4,5)1(6)7/h4-5,7-8,10,19H,1-3,6,9,11-16H2;(H,6,7)/t19-,21-;/m1./s1. The summed E-state index contributed by atoms with van der Waals surface area (Å²) in [6, 6.07) is 3.95. The molecule has 0 radical (unpaired) electrons. The maximum Gasteiger partial charge on any atom is 0.490 e. The maximum absolute atomic E-state index is 12.8. The highest BCUT2D eigenvalue weighted by atomic mass is 19.4. The van der Waals surface area contributed by atoms with Crippen LogP contribution in [-0.4, -0.2) is 66.0 Å². The molecule has 3 aliphatic rings. The molecule has 1 amide bonds. The van der Waals surface area contributed by atoms with Gasteiger partial charge in [-0.1, -0.05) is 17.7 Å². The number of alkyl halides is 3. The van der Waals surface area contributed by atoms with Crippen LogP contribution in [0.25, 0.3) is 0 Å². The number of halogens is 3. The summed E-state index contributed by atoms with van der Waals surface area (Å²) in [6.07, 6.45) is 6.10. The van der Waals surface area contributed by atoms with Crippen molar-refractivity contribution in [1.29, 1.82) is 0 Å². The number of carboxylic acid groups (broad SMARTS) is 1. The van der Waals surface area contributed by atoms with Crippen LogP contribution in [0.3, 0.4) is 0 Å². The molecule has 0 spiro atoms. The highest BCUT2D eigenvalue weighted by Crippen LogP contribution is 2.42. The Morgan fingerprint density at radius 3 is 2.76 bits per heavy atom. The van der Waals surface area contributed by atoms with Gasteiger partial charge in [-0.2, -0.15) is 13.2 Å². The van der Waals surface area contributed by atoms with Crippen molar-refractivity contribution in [2.45, 2.75) is 44.9 Å². The second-order valence-corrected chi connectivity index (χ2v) is 8.79. The quantitative estimate of drug-likeness (QED) is 0.640. The van der Waals surface area contributed by atoms with Gasteiger partial charge in [0, 0.05) is 43.2 Å². The molecule has 33 heavy (non-hydrogen) atoms. The summed E-state index contributed by atoms with van der Waals surface area (Å²) in [5.74, 6) is -2.09. The van der Waals surface area contributed by atoms with E-state index in [-0.39, 0.29) is 11.3 Å². The van der Waals surface area contributed by atoms with E-state index >= 15 is 0 Å². The number of likely N-dealkylation sites (tertiary alicyclic amines) is 1. The lowest BCUT2D eigenvalue weighted by molar-refractivity contribution is -0.192. The topological polar surface area (TPSA) is 89.0 Å². The van der Waals surface area contributed by atoms with Gasteiger partial charge in [-0.3, -0.25) is 9.78 Å². The van der Waals surface area contributed by atoms with Crippen LogP contribution >= 0.6 is 0 Å². The Labute approximate surface area is 190 Å². The highest BCUT2D eigenvalue weighted by molar-refractivity contribution is 5.79. The fourth-order valence-corrected chi connectivity index (χ4v) is 4.45. The molecule has 1 aromatic rings. The van der Waals surface area contributed by atoms with Crippen molar-refractivity contribution in [3.63, 3.8) is 0 Å². The number of hydrogen-bond donors (Lipinski definition) is 1. The predicted octanol–water partition coefficient (Wildman–Crippen LogP) is 3.60. The summed E-state index contributed by atoms with van der Waals surface area (Å²) in [6.45, 7) is 4.20. The Kier molecular flexibility index (Phi) is 8.47. The van der Waals surface area contributed by atoms with Crippen molar-refractivity contribution in [2.24, 2.45) is 11.3 Å². The number of nitrogens with zero attached hydrogens (tertiary/aromatic N) is 2. The molecule has 0 unspecified atom stereocenters. The van der Waals surface area contributed by atoms with Gasteiger partial charge in [-0.05, 0) is 37.3 Å². The van der Waals surface area contributed by atoms with Crippen LogP contribution in [0.4, 0.5) is 13.2 Å². The number of carbonyl (C=O) groups is 2. The van der Waals surface area contributed by atoms with Gasteiger partial charge in [0.05, 0.1) is 26.4 Å². The molecule has 2 aliphatic heterocycles. The second-order valence-electron chi connectivity index (χ2n) is 8.79. The van der Waals surface area contributed by atoms with Crippen molar-refractivity contribution >= 4 is 11.9 Å². The van der Waals surface area contributed by atoms with Crippen molar-refractivity contribution in [1.82, 2.24) is 9.88 Å². The van der Waals surface area contributed by atoms with E-state index in [0.29, 0.717) is 32.2 Å². The maximum atomic E-state index is 12.8. The zero-order chi connectivity index (χ0) is 23.9. The third-order valence-electron chi connectivity index (χ3n) is 6.26. The van der Waals surface area contributed by atoms with Crippen molar-refractivity contribution < 1.29 is 37.3 Å². The van der Waals surface area contributed by atoms with E-state index in [9.17, 15) is 18.0 Å². The van der Waals surface area contributed by atoms with Crippen molar-refractivity contribution in [3.8, 4) is 0 Å². The second kappa shape index (κ2) is 11.1. The Morgan fingerprint density at radius 2 is 2.12 bits per heavy atom. The monoisotopic (exact) mass is 470 g/mol. The van der Waals surface area contributed by atoms with Crippen LogP contribution in [0.2, 0.25) is 0 Å². The normalized spacial score (nSPS) is 24.5. The molecule has 1 N–H and O–H groups in total. The molecule has 0 saturated carbocycles. The first-order chi connectivity index (χ1) is 15.7. The summed E-state index contributed by atoms with van der Waals surface area (Å²) in [7, 11) is 0. The van der Waals surface area contributed by atoms with Crippen LogP contribution in [0.15, 0.2) is 36.2 Å². The summed E-state index contributed by atoms with van der Waals surface area (Å²) < 4.78 is 43.5. The molecule has 182 valence electrons. The number of rotatable bonds is 6. The number of ether oxygens (including phenoxy) is 2. The van der Waals surface area contributed by atoms with Gasteiger partial charge in [0.15, 0.2) is 0 Å². The lowest BCUT2D eigenvalue weighted by atomic mass is 9.82. The van der Waals surface area contributed by atoms with Gasteiger partial charge in [0.2, 0.25) is 5.91 Å². The van der Waals surface area contributed by atoms with E-state index < -0.39 is 12.1 Å². The smallest absolute Gasteiger partial charge is 0.475 e. The zero-order valence-corrected chi connectivity index (χ0v) is 18.4. The third kappa shape index (κ3) is 7.01. The fraction of sp³-hybridized carbons (Fsp3) is 0.609. The number of amides is 1. The zero-order valence-electron chi connectivity index (χ0n) is 18.4. The lowest BCUT2D eigenvalue weighted by Gasteiger charge is -2.27. The number of hydrogen-bond acceptors (Lipinski definition) is 5. The van der Waals surface area contributed by atoms with E-state index in [1.165, 1.54) is 18.4 Å². The van der Waals surface area contributed by atoms with Gasteiger partial charge < -0.3 is 19.5 Å². The van der Waals surface area contributed by atoms with E-state index in [1.54, 1.807) is 6.20 Å². The van der Waals surface area contributed by atoms with Gasteiger partial charge >= 0.3 is 12.1 Å². The number of carbonyl (C=O) groups excluding carboxylic acids is 1. The molecule has 3 heterocycles. The van der Waals surface area contributed by atoms with E-state index in [4.69, 9.17) is 19.4 Å². The van der Waals surface area contributed by atoms with Crippen LogP contribution in [0, 0.1) is 11.3 Å². The average Bonchev–Trinajstić information content (AvgIpc) is 3.32. The Balaban J connectivity index is 0.000000383. The molecule has 10 heteroatoms. The lowest BCUT2D eigenvalue weighted by Crippen LogP contribution is -2.37. The molecule has 1 aromatic heterocycles. The van der Waals surface area contributed by atoms with Gasteiger partial charge in [0.25, 0.3) is 0 Å². The third-order valence-corrected chi connectivity index (χ3v) is 6.26. The summed E-state index contributed by atoms with van der Waals surface area (Å²) in [4.78, 5) is 27.9. The first-order valence-corrected chi connectivity index (χ1v) is 11.0. The predicted molar refractivity (Wildman–Crippen MR) is 112 cm³/mol. The molecular formula is C23H29F3N2O5. The number of carboxylic acids is 1. The number of pyridine rings is 1. The van der Waals surface area contributed by atoms with E-state index in [1.807, 2.05) is 18.3 Å². The first kappa shape index (κ1) is 25.2. The van der Waals surface area contributed by atoms with E-state index in [0.717, 1.165) is 38.1 Å². The minimum absolute atomic E-state index is 0.0428. The number of aromatic nitrogens is 1. The minimum atomic E-state index is -5.08. The number of fused-ring (bicyclic) bond motifs is 1.